The van der Waals surface area contributed by atoms with E-state index < -0.39 is 0 Å². The normalized spacial score (nSPS) is 11.3. The minimum absolute atomic E-state index is 0.711. The van der Waals surface area contributed by atoms with E-state index in [0.717, 1.165) is 21.4 Å². The fourth-order valence-corrected chi connectivity index (χ4v) is 4.57. The summed E-state index contributed by atoms with van der Waals surface area (Å²) in [5.74, 6) is 2.67. The van der Waals surface area contributed by atoms with E-state index in [-0.39, 0.29) is 0 Å². The lowest BCUT2D eigenvalue weighted by molar-refractivity contribution is 0.415. The molecular weight excluding hydrogens is 324 g/mol. The van der Waals surface area contributed by atoms with Crippen LogP contribution in [-0.4, -0.2) is 22.8 Å². The average molecular weight is 345 g/mol. The molecule has 0 N–H and O–H groups in total. The van der Waals surface area contributed by atoms with Gasteiger partial charge in [0.1, 0.15) is 21.9 Å². The molecule has 2 heterocycles. The number of hydrogen-bond donors (Lipinski definition) is 0. The molecule has 5 heteroatoms. The van der Waals surface area contributed by atoms with Crippen molar-refractivity contribution in [2.75, 3.05) is 12.9 Å². The minimum Gasteiger partial charge on any atom is -0.497 e. The summed E-state index contributed by atoms with van der Waals surface area (Å²) in [6.07, 6.45) is 2.87. The molecule has 23 heavy (non-hydrogen) atoms. The van der Waals surface area contributed by atoms with Gasteiger partial charge in [0.2, 0.25) is 0 Å². The lowest BCUT2D eigenvalue weighted by Crippen LogP contribution is -1.92. The summed E-state index contributed by atoms with van der Waals surface area (Å²) in [5.41, 5.74) is 2.39. The van der Waals surface area contributed by atoms with Gasteiger partial charge in [-0.1, -0.05) is 26.0 Å². The third-order valence-corrected chi connectivity index (χ3v) is 5.58. The maximum atomic E-state index is 5.25. The fraction of sp³-hybridized carbons (Fsp3) is 0.333. The number of rotatable bonds is 6. The quantitative estimate of drug-likeness (QED) is 0.436. The molecule has 0 aliphatic carbocycles. The number of thiophene rings is 1. The number of methoxy groups -OCH3 is 1. The number of nitrogens with zero attached hydrogens (tertiary/aromatic N) is 2. The summed E-state index contributed by atoms with van der Waals surface area (Å²) in [6.45, 7) is 4.51. The van der Waals surface area contributed by atoms with Gasteiger partial charge in [0.05, 0.1) is 12.5 Å². The first-order valence-corrected chi connectivity index (χ1v) is 9.55. The van der Waals surface area contributed by atoms with Crippen LogP contribution in [0.4, 0.5) is 0 Å². The van der Waals surface area contributed by atoms with E-state index in [0.29, 0.717) is 5.92 Å². The molecule has 1 aromatic carbocycles. The van der Waals surface area contributed by atoms with Gasteiger partial charge in [-0.3, -0.25) is 0 Å². The number of fused-ring (bicyclic) bond motifs is 1. The highest BCUT2D eigenvalue weighted by molar-refractivity contribution is 7.99. The molecule has 0 aliphatic heterocycles. The standard InChI is InChI=1S/C18H20N2OS2/c1-12(2)8-9-22-17-16-15(10-23-18(16)20-11-19-17)13-4-6-14(21-3)7-5-13/h4-7,10-12H,8-9H2,1-3H3. The monoisotopic (exact) mass is 344 g/mol. The highest BCUT2D eigenvalue weighted by atomic mass is 32.2. The molecule has 120 valence electrons. The molecule has 0 saturated carbocycles. The Morgan fingerprint density at radius 1 is 1.17 bits per heavy atom. The molecule has 3 nitrogen and oxygen atoms in total. The Kier molecular flexibility index (Phi) is 5.18. The molecular formula is C18H20N2OS2. The molecule has 0 bridgehead atoms. The van der Waals surface area contributed by atoms with Gasteiger partial charge in [-0.15, -0.1) is 23.1 Å². The zero-order chi connectivity index (χ0) is 16.2. The SMILES string of the molecule is COc1ccc(-c2csc3ncnc(SCCC(C)C)c23)cc1. The van der Waals surface area contributed by atoms with Crippen LogP contribution < -0.4 is 4.74 Å². The maximum Gasteiger partial charge on any atom is 0.128 e. The Morgan fingerprint density at radius 3 is 2.65 bits per heavy atom. The second-order valence-corrected chi connectivity index (χ2v) is 7.71. The summed E-state index contributed by atoms with van der Waals surface area (Å²) < 4.78 is 5.25. The molecule has 0 fully saturated rings. The average Bonchev–Trinajstić information content (AvgIpc) is 2.99. The highest BCUT2D eigenvalue weighted by Gasteiger charge is 2.13. The van der Waals surface area contributed by atoms with Crippen molar-refractivity contribution in [1.29, 1.82) is 0 Å². The maximum absolute atomic E-state index is 5.25. The molecule has 0 saturated heterocycles. The number of benzene rings is 1. The van der Waals surface area contributed by atoms with E-state index in [1.807, 2.05) is 23.9 Å². The molecule has 2 aromatic heterocycles. The van der Waals surface area contributed by atoms with Gasteiger partial charge in [-0.25, -0.2) is 9.97 Å². The van der Waals surface area contributed by atoms with Gasteiger partial charge in [0, 0.05) is 10.9 Å². The zero-order valence-electron chi connectivity index (χ0n) is 13.6. The third-order valence-electron chi connectivity index (χ3n) is 3.67. The van der Waals surface area contributed by atoms with E-state index in [9.17, 15) is 0 Å². The van der Waals surface area contributed by atoms with Crippen LogP contribution >= 0.6 is 23.1 Å². The number of hydrogen-bond acceptors (Lipinski definition) is 5. The molecule has 0 spiro atoms. The Bertz CT molecular complexity index is 781. The molecule has 0 atom stereocenters. The summed E-state index contributed by atoms with van der Waals surface area (Å²) >= 11 is 3.51. The summed E-state index contributed by atoms with van der Waals surface area (Å²) in [4.78, 5) is 10.0. The van der Waals surface area contributed by atoms with Gasteiger partial charge >= 0.3 is 0 Å². The van der Waals surface area contributed by atoms with Gasteiger partial charge in [0.15, 0.2) is 0 Å². The van der Waals surface area contributed by atoms with Gasteiger partial charge < -0.3 is 4.74 Å². The summed E-state index contributed by atoms with van der Waals surface area (Å²) in [5, 5.41) is 4.44. The van der Waals surface area contributed by atoms with Crippen LogP contribution in [0.5, 0.6) is 5.75 Å². The molecule has 3 aromatic rings. The highest BCUT2D eigenvalue weighted by Crippen LogP contribution is 2.38. The Hall–Kier alpha value is -1.59. The largest absolute Gasteiger partial charge is 0.497 e. The number of aromatic nitrogens is 2. The van der Waals surface area contributed by atoms with Crippen molar-refractivity contribution in [1.82, 2.24) is 9.97 Å². The van der Waals surface area contributed by atoms with E-state index in [2.05, 4.69) is 41.3 Å². The zero-order valence-corrected chi connectivity index (χ0v) is 15.2. The van der Waals surface area contributed by atoms with E-state index in [1.165, 1.54) is 22.9 Å². The first-order chi connectivity index (χ1) is 11.2. The topological polar surface area (TPSA) is 35.0 Å². The van der Waals surface area contributed by atoms with Crippen LogP contribution in [-0.2, 0) is 0 Å². The van der Waals surface area contributed by atoms with Gasteiger partial charge in [-0.05, 0) is 35.8 Å². The van der Waals surface area contributed by atoms with Crippen molar-refractivity contribution >= 4 is 33.3 Å². The first kappa shape index (κ1) is 16.3. The van der Waals surface area contributed by atoms with Gasteiger partial charge in [0.25, 0.3) is 0 Å². The van der Waals surface area contributed by atoms with E-state index in [4.69, 9.17) is 4.74 Å². The molecule has 0 aliphatic rings. The summed E-state index contributed by atoms with van der Waals surface area (Å²) in [6, 6.07) is 8.17. The van der Waals surface area contributed by atoms with Crippen LogP contribution in [0.3, 0.4) is 0 Å². The first-order valence-electron chi connectivity index (χ1n) is 7.68. The van der Waals surface area contributed by atoms with Crippen LogP contribution in [0.25, 0.3) is 21.3 Å². The van der Waals surface area contributed by atoms with Crippen LogP contribution in [0, 0.1) is 5.92 Å². The fourth-order valence-electron chi connectivity index (χ4n) is 2.33. The van der Waals surface area contributed by atoms with Crippen molar-refractivity contribution < 1.29 is 4.74 Å². The lowest BCUT2D eigenvalue weighted by atomic mass is 10.1. The number of thioether (sulfide) groups is 1. The Balaban J connectivity index is 1.96. The van der Waals surface area contributed by atoms with Crippen molar-refractivity contribution in [3.63, 3.8) is 0 Å². The lowest BCUT2D eigenvalue weighted by Gasteiger charge is -2.07. The Labute approximate surface area is 145 Å². The minimum atomic E-state index is 0.711. The predicted molar refractivity (Wildman–Crippen MR) is 99.6 cm³/mol. The van der Waals surface area contributed by atoms with Crippen LogP contribution in [0.1, 0.15) is 20.3 Å². The van der Waals surface area contributed by atoms with Crippen molar-refractivity contribution in [3.8, 4) is 16.9 Å². The summed E-state index contributed by atoms with van der Waals surface area (Å²) in [7, 11) is 1.69. The molecule has 3 rings (SSSR count). The van der Waals surface area contributed by atoms with E-state index in [1.54, 1.807) is 24.8 Å². The Morgan fingerprint density at radius 2 is 1.96 bits per heavy atom. The van der Waals surface area contributed by atoms with Gasteiger partial charge in [-0.2, -0.15) is 0 Å². The molecule has 0 radical (unpaired) electrons. The number of ether oxygens (including phenoxy) is 1. The molecule has 0 unspecified atom stereocenters. The predicted octanol–water partition coefficient (Wildman–Crippen LogP) is 5.51. The van der Waals surface area contributed by atoms with Crippen LogP contribution in [0.2, 0.25) is 0 Å². The van der Waals surface area contributed by atoms with Crippen molar-refractivity contribution in [3.05, 3.63) is 36.0 Å². The third kappa shape index (κ3) is 3.67. The smallest absolute Gasteiger partial charge is 0.128 e. The second-order valence-electron chi connectivity index (χ2n) is 5.77. The van der Waals surface area contributed by atoms with Crippen LogP contribution in [0.15, 0.2) is 41.0 Å². The van der Waals surface area contributed by atoms with Crippen molar-refractivity contribution in [2.24, 2.45) is 5.92 Å². The second kappa shape index (κ2) is 7.32. The van der Waals surface area contributed by atoms with E-state index >= 15 is 0 Å². The molecule has 0 amide bonds. The van der Waals surface area contributed by atoms with Crippen molar-refractivity contribution in [2.45, 2.75) is 25.3 Å².